The summed E-state index contributed by atoms with van der Waals surface area (Å²) in [6, 6.07) is 3.74. The van der Waals surface area contributed by atoms with E-state index in [1.165, 1.54) is 7.11 Å². The van der Waals surface area contributed by atoms with Gasteiger partial charge in [0.1, 0.15) is 0 Å². The van der Waals surface area contributed by atoms with Crippen LogP contribution in [0, 0.1) is 13.8 Å². The van der Waals surface area contributed by atoms with Crippen molar-refractivity contribution in [1.29, 1.82) is 0 Å². The molecule has 3 heteroatoms. The van der Waals surface area contributed by atoms with Crippen LogP contribution in [-0.2, 0) is 10.6 Å². The highest BCUT2D eigenvalue weighted by atomic mass is 35.5. The molecule has 0 N–H and O–H groups in total. The van der Waals surface area contributed by atoms with E-state index >= 15 is 0 Å². The Hall–Kier alpha value is -1.02. The van der Waals surface area contributed by atoms with Gasteiger partial charge in [-0.15, -0.1) is 11.6 Å². The zero-order valence-electron chi connectivity index (χ0n) is 8.56. The van der Waals surface area contributed by atoms with Gasteiger partial charge in [-0.2, -0.15) is 0 Å². The first-order valence-electron chi connectivity index (χ1n) is 4.34. The van der Waals surface area contributed by atoms with Crippen molar-refractivity contribution >= 4 is 17.6 Å². The summed E-state index contributed by atoms with van der Waals surface area (Å²) in [6.45, 7) is 3.81. The van der Waals surface area contributed by atoms with Crippen molar-refractivity contribution in [2.24, 2.45) is 0 Å². The smallest absolute Gasteiger partial charge is 0.338 e. The Morgan fingerprint density at radius 2 is 2.00 bits per heavy atom. The molecule has 0 heterocycles. The lowest BCUT2D eigenvalue weighted by Crippen LogP contribution is -2.05. The molecule has 76 valence electrons. The molecule has 0 radical (unpaired) electrons. The quantitative estimate of drug-likeness (QED) is 0.557. The van der Waals surface area contributed by atoms with Gasteiger partial charge in [-0.1, -0.05) is 6.07 Å². The average molecular weight is 213 g/mol. The first kappa shape index (κ1) is 11.1. The summed E-state index contributed by atoms with van der Waals surface area (Å²) in [6.07, 6.45) is 0. The number of benzene rings is 1. The fourth-order valence-corrected chi connectivity index (χ4v) is 1.64. The molecule has 0 atom stereocenters. The normalized spacial score (nSPS) is 10.0. The van der Waals surface area contributed by atoms with Crippen molar-refractivity contribution in [3.05, 3.63) is 34.4 Å². The van der Waals surface area contributed by atoms with E-state index in [2.05, 4.69) is 4.74 Å². The summed E-state index contributed by atoms with van der Waals surface area (Å²) in [7, 11) is 1.38. The van der Waals surface area contributed by atoms with Crippen molar-refractivity contribution in [2.45, 2.75) is 19.7 Å². The zero-order valence-corrected chi connectivity index (χ0v) is 9.31. The fraction of sp³-hybridized carbons (Fsp3) is 0.364. The molecule has 1 rings (SSSR count). The highest BCUT2D eigenvalue weighted by Gasteiger charge is 2.11. The van der Waals surface area contributed by atoms with Crippen LogP contribution in [0.4, 0.5) is 0 Å². The van der Waals surface area contributed by atoms with Crippen LogP contribution in [0.15, 0.2) is 12.1 Å². The highest BCUT2D eigenvalue weighted by molar-refractivity contribution is 6.17. The number of rotatable bonds is 2. The van der Waals surface area contributed by atoms with Gasteiger partial charge in [-0.25, -0.2) is 4.79 Å². The fourth-order valence-electron chi connectivity index (χ4n) is 1.35. The van der Waals surface area contributed by atoms with E-state index in [0.29, 0.717) is 11.4 Å². The number of methoxy groups -OCH3 is 1. The third-order valence-electron chi connectivity index (χ3n) is 2.23. The molecule has 0 amide bonds. The summed E-state index contributed by atoms with van der Waals surface area (Å²) in [5.74, 6) is 0.167. The van der Waals surface area contributed by atoms with Crippen LogP contribution >= 0.6 is 11.6 Å². The van der Waals surface area contributed by atoms with Gasteiger partial charge in [-0.05, 0) is 36.6 Å². The monoisotopic (exact) mass is 212 g/mol. The van der Waals surface area contributed by atoms with Crippen molar-refractivity contribution < 1.29 is 9.53 Å². The van der Waals surface area contributed by atoms with Crippen LogP contribution in [0.5, 0.6) is 0 Å². The number of hydrogen-bond donors (Lipinski definition) is 0. The Balaban J connectivity index is 3.21. The maximum Gasteiger partial charge on any atom is 0.338 e. The van der Waals surface area contributed by atoms with Gasteiger partial charge in [-0.3, -0.25) is 0 Å². The molecule has 0 aliphatic carbocycles. The molecular formula is C11H13ClO2. The Labute approximate surface area is 88.8 Å². The second-order valence-corrected chi connectivity index (χ2v) is 3.49. The van der Waals surface area contributed by atoms with Gasteiger partial charge in [0.05, 0.1) is 12.7 Å². The van der Waals surface area contributed by atoms with Crippen molar-refractivity contribution in [1.82, 2.24) is 0 Å². The minimum Gasteiger partial charge on any atom is -0.465 e. The first-order chi connectivity index (χ1) is 6.60. The van der Waals surface area contributed by atoms with Crippen LogP contribution in [0.25, 0.3) is 0 Å². The number of carbonyl (C=O) groups excluding carboxylic acids is 1. The lowest BCUT2D eigenvalue weighted by atomic mass is 10.0. The van der Waals surface area contributed by atoms with E-state index in [-0.39, 0.29) is 5.97 Å². The van der Waals surface area contributed by atoms with E-state index in [9.17, 15) is 4.79 Å². The number of esters is 1. The predicted octanol–water partition coefficient (Wildman–Crippen LogP) is 2.83. The Morgan fingerprint density at radius 1 is 1.36 bits per heavy atom. The van der Waals surface area contributed by atoms with E-state index in [1.807, 2.05) is 26.0 Å². The summed E-state index contributed by atoms with van der Waals surface area (Å²) < 4.78 is 4.67. The molecule has 14 heavy (non-hydrogen) atoms. The number of aryl methyl sites for hydroxylation is 2. The molecule has 1 aromatic rings. The zero-order chi connectivity index (χ0) is 10.7. The number of carbonyl (C=O) groups is 1. The number of ether oxygens (including phenoxy) is 1. The standard InChI is InChI=1S/C11H13ClO2/c1-7-5-10(11(13)14-3)8(2)4-9(7)6-12/h4-5H,6H2,1-3H3. The van der Waals surface area contributed by atoms with E-state index in [0.717, 1.165) is 16.7 Å². The van der Waals surface area contributed by atoms with Crippen molar-refractivity contribution in [3.8, 4) is 0 Å². The summed E-state index contributed by atoms with van der Waals surface area (Å²) in [4.78, 5) is 11.3. The van der Waals surface area contributed by atoms with E-state index in [4.69, 9.17) is 11.6 Å². The first-order valence-corrected chi connectivity index (χ1v) is 4.88. The number of alkyl halides is 1. The van der Waals surface area contributed by atoms with Crippen molar-refractivity contribution in [3.63, 3.8) is 0 Å². The Morgan fingerprint density at radius 3 is 2.50 bits per heavy atom. The topological polar surface area (TPSA) is 26.3 Å². The van der Waals surface area contributed by atoms with Gasteiger partial charge in [0.15, 0.2) is 0 Å². The van der Waals surface area contributed by atoms with Crippen LogP contribution < -0.4 is 0 Å². The molecule has 2 nitrogen and oxygen atoms in total. The molecule has 0 saturated carbocycles. The van der Waals surface area contributed by atoms with Crippen LogP contribution in [-0.4, -0.2) is 13.1 Å². The molecular weight excluding hydrogens is 200 g/mol. The Kier molecular flexibility index (Phi) is 3.53. The van der Waals surface area contributed by atoms with Gasteiger partial charge in [0.25, 0.3) is 0 Å². The van der Waals surface area contributed by atoms with Crippen LogP contribution in [0.1, 0.15) is 27.0 Å². The second kappa shape index (κ2) is 4.47. The molecule has 0 fully saturated rings. The number of halogens is 1. The maximum absolute atomic E-state index is 11.3. The van der Waals surface area contributed by atoms with Gasteiger partial charge >= 0.3 is 5.97 Å². The van der Waals surface area contributed by atoms with E-state index in [1.54, 1.807) is 0 Å². The van der Waals surface area contributed by atoms with Crippen molar-refractivity contribution in [2.75, 3.05) is 7.11 Å². The van der Waals surface area contributed by atoms with Gasteiger partial charge in [0.2, 0.25) is 0 Å². The predicted molar refractivity (Wildman–Crippen MR) is 56.8 cm³/mol. The lowest BCUT2D eigenvalue weighted by molar-refractivity contribution is 0.0600. The average Bonchev–Trinajstić information content (AvgIpc) is 2.19. The molecule has 0 spiro atoms. The summed E-state index contributed by atoms with van der Waals surface area (Å²) in [5.41, 5.74) is 3.58. The molecule has 0 unspecified atom stereocenters. The Bertz CT molecular complexity index is 359. The molecule has 0 bridgehead atoms. The lowest BCUT2D eigenvalue weighted by Gasteiger charge is -2.08. The largest absolute Gasteiger partial charge is 0.465 e. The maximum atomic E-state index is 11.3. The highest BCUT2D eigenvalue weighted by Crippen LogP contribution is 2.18. The second-order valence-electron chi connectivity index (χ2n) is 3.22. The van der Waals surface area contributed by atoms with Crippen LogP contribution in [0.2, 0.25) is 0 Å². The number of hydrogen-bond acceptors (Lipinski definition) is 2. The molecule has 0 aromatic heterocycles. The molecule has 0 saturated heterocycles. The SMILES string of the molecule is COC(=O)c1cc(C)c(CCl)cc1C. The molecule has 1 aromatic carbocycles. The third kappa shape index (κ3) is 2.07. The minimum absolute atomic E-state index is 0.299. The van der Waals surface area contributed by atoms with Crippen LogP contribution in [0.3, 0.4) is 0 Å². The summed E-state index contributed by atoms with van der Waals surface area (Å²) >= 11 is 5.75. The molecule has 0 aliphatic heterocycles. The summed E-state index contributed by atoms with van der Waals surface area (Å²) in [5, 5.41) is 0. The van der Waals surface area contributed by atoms with Gasteiger partial charge < -0.3 is 4.74 Å². The van der Waals surface area contributed by atoms with Gasteiger partial charge in [0, 0.05) is 5.88 Å². The molecule has 0 aliphatic rings. The minimum atomic E-state index is -0.299. The third-order valence-corrected chi connectivity index (χ3v) is 2.52. The van der Waals surface area contributed by atoms with E-state index < -0.39 is 0 Å².